The van der Waals surface area contributed by atoms with Crippen LogP contribution in [0.5, 0.6) is 0 Å². The number of nitrogens with one attached hydrogen (secondary N) is 1. The van der Waals surface area contributed by atoms with Crippen LogP contribution in [0, 0.1) is 5.82 Å². The first-order valence-corrected chi connectivity index (χ1v) is 8.77. The van der Waals surface area contributed by atoms with Crippen molar-refractivity contribution in [3.05, 3.63) is 47.0 Å². The zero-order chi connectivity index (χ0) is 18.4. The van der Waals surface area contributed by atoms with Crippen molar-refractivity contribution < 1.29 is 9.18 Å². The third kappa shape index (κ3) is 4.66. The monoisotopic (exact) mass is 346 g/mol. The van der Waals surface area contributed by atoms with E-state index in [4.69, 9.17) is 0 Å². The van der Waals surface area contributed by atoms with E-state index in [2.05, 4.69) is 17.3 Å². The van der Waals surface area contributed by atoms with Gasteiger partial charge in [0.1, 0.15) is 5.82 Å². The van der Waals surface area contributed by atoms with Gasteiger partial charge in [-0.25, -0.2) is 9.07 Å². The number of hydrogen-bond acceptors (Lipinski definition) is 3. The molecule has 1 N–H and O–H groups in total. The number of carbonyl (C=O) groups excluding carboxylic acids is 1. The van der Waals surface area contributed by atoms with E-state index in [-0.39, 0.29) is 11.7 Å². The highest BCUT2D eigenvalue weighted by Gasteiger charge is 2.23. The largest absolute Gasteiger partial charge is 0.351 e. The summed E-state index contributed by atoms with van der Waals surface area (Å²) in [6.07, 6.45) is 2.25. The van der Waals surface area contributed by atoms with Crippen LogP contribution in [0.2, 0.25) is 0 Å². The summed E-state index contributed by atoms with van der Waals surface area (Å²) in [7, 11) is 3.93. The molecule has 25 heavy (non-hydrogen) atoms. The molecule has 0 spiro atoms. The molecule has 2 aromatic rings. The highest BCUT2D eigenvalue weighted by Crippen LogP contribution is 2.21. The topological polar surface area (TPSA) is 50.2 Å². The van der Waals surface area contributed by atoms with Crippen molar-refractivity contribution in [3.8, 4) is 5.69 Å². The first-order chi connectivity index (χ1) is 12.0. The van der Waals surface area contributed by atoms with Crippen LogP contribution in [0.4, 0.5) is 4.39 Å². The van der Waals surface area contributed by atoms with E-state index < -0.39 is 0 Å². The van der Waals surface area contributed by atoms with E-state index in [1.54, 1.807) is 16.8 Å². The minimum atomic E-state index is -0.316. The Balaban J connectivity index is 2.41. The van der Waals surface area contributed by atoms with E-state index in [9.17, 15) is 9.18 Å². The molecule has 0 aliphatic carbocycles. The molecular formula is C19H27FN4O. The zero-order valence-corrected chi connectivity index (χ0v) is 15.5. The van der Waals surface area contributed by atoms with Gasteiger partial charge in [0, 0.05) is 13.1 Å². The summed E-state index contributed by atoms with van der Waals surface area (Å²) < 4.78 is 15.3. The molecular weight excluding hydrogens is 319 g/mol. The van der Waals surface area contributed by atoms with Gasteiger partial charge in [-0.1, -0.05) is 26.3 Å². The van der Waals surface area contributed by atoms with E-state index in [1.165, 1.54) is 12.1 Å². The molecule has 136 valence electrons. The maximum Gasteiger partial charge on any atom is 0.255 e. The molecule has 0 aliphatic rings. The van der Waals surface area contributed by atoms with Gasteiger partial charge in [0.05, 0.1) is 22.6 Å². The van der Waals surface area contributed by atoms with Gasteiger partial charge in [-0.05, 0) is 45.1 Å². The Hall–Kier alpha value is -2.21. The maximum absolute atomic E-state index is 13.6. The van der Waals surface area contributed by atoms with Crippen molar-refractivity contribution in [1.82, 2.24) is 20.0 Å². The van der Waals surface area contributed by atoms with Crippen LogP contribution in [-0.4, -0.2) is 47.8 Å². The van der Waals surface area contributed by atoms with Crippen molar-refractivity contribution in [3.63, 3.8) is 0 Å². The fraction of sp³-hybridized carbons (Fsp3) is 0.474. The molecule has 5 nitrogen and oxygen atoms in total. The molecule has 1 heterocycles. The minimum Gasteiger partial charge on any atom is -0.351 e. The number of rotatable bonds is 8. The molecule has 0 atom stereocenters. The van der Waals surface area contributed by atoms with Crippen LogP contribution in [0.3, 0.4) is 0 Å². The molecule has 1 aromatic heterocycles. The fourth-order valence-electron chi connectivity index (χ4n) is 2.81. The van der Waals surface area contributed by atoms with Crippen molar-refractivity contribution in [1.29, 1.82) is 0 Å². The molecule has 0 fully saturated rings. The van der Waals surface area contributed by atoms with Gasteiger partial charge in [-0.15, -0.1) is 0 Å². The van der Waals surface area contributed by atoms with Gasteiger partial charge in [0.2, 0.25) is 0 Å². The number of halogens is 1. The summed E-state index contributed by atoms with van der Waals surface area (Å²) in [6, 6.07) is 6.30. The molecule has 0 saturated carbocycles. The lowest BCUT2D eigenvalue weighted by Gasteiger charge is -2.11. The highest BCUT2D eigenvalue weighted by atomic mass is 19.1. The van der Waals surface area contributed by atoms with Gasteiger partial charge >= 0.3 is 0 Å². The second kappa shape index (κ2) is 8.76. The summed E-state index contributed by atoms with van der Waals surface area (Å²) >= 11 is 0. The quantitative estimate of drug-likeness (QED) is 0.800. The third-order valence-corrected chi connectivity index (χ3v) is 4.00. The summed E-state index contributed by atoms with van der Waals surface area (Å²) in [5, 5.41) is 7.60. The Morgan fingerprint density at radius 3 is 2.68 bits per heavy atom. The van der Waals surface area contributed by atoms with Crippen LogP contribution in [0.1, 0.15) is 42.0 Å². The lowest BCUT2D eigenvalue weighted by atomic mass is 10.1. The van der Waals surface area contributed by atoms with Gasteiger partial charge in [0.15, 0.2) is 0 Å². The number of hydrogen-bond donors (Lipinski definition) is 1. The average molecular weight is 346 g/mol. The highest BCUT2D eigenvalue weighted by molar-refractivity contribution is 5.96. The van der Waals surface area contributed by atoms with Crippen molar-refractivity contribution >= 4 is 5.91 Å². The molecule has 0 aliphatic heterocycles. The molecule has 0 unspecified atom stereocenters. The second-order valence-corrected chi connectivity index (χ2v) is 6.32. The van der Waals surface area contributed by atoms with Crippen molar-refractivity contribution in [2.24, 2.45) is 0 Å². The smallest absolute Gasteiger partial charge is 0.255 e. The lowest BCUT2D eigenvalue weighted by molar-refractivity contribution is 0.0949. The predicted molar refractivity (Wildman–Crippen MR) is 97.8 cm³/mol. The first kappa shape index (κ1) is 19.1. The summed E-state index contributed by atoms with van der Waals surface area (Å²) in [4.78, 5) is 14.8. The number of carbonyl (C=O) groups is 1. The Morgan fingerprint density at radius 1 is 1.32 bits per heavy atom. The summed E-state index contributed by atoms with van der Waals surface area (Å²) in [5.41, 5.74) is 2.86. The van der Waals surface area contributed by atoms with E-state index in [1.807, 2.05) is 25.9 Å². The number of aromatic nitrogens is 2. The van der Waals surface area contributed by atoms with Gasteiger partial charge in [-0.2, -0.15) is 5.10 Å². The first-order valence-electron chi connectivity index (χ1n) is 8.77. The molecule has 6 heteroatoms. The Kier molecular flexibility index (Phi) is 6.70. The van der Waals surface area contributed by atoms with E-state index >= 15 is 0 Å². The van der Waals surface area contributed by atoms with Gasteiger partial charge in [0.25, 0.3) is 5.91 Å². The number of likely N-dealkylation sites (N-methyl/N-ethyl adjacent to an activating group) is 1. The molecule has 2 rings (SSSR count). The normalized spacial score (nSPS) is 11.1. The predicted octanol–water partition coefficient (Wildman–Crippen LogP) is 2.82. The van der Waals surface area contributed by atoms with Crippen molar-refractivity contribution in [2.45, 2.75) is 33.1 Å². The van der Waals surface area contributed by atoms with Gasteiger partial charge in [-0.3, -0.25) is 4.79 Å². The number of benzene rings is 1. The van der Waals surface area contributed by atoms with Crippen LogP contribution < -0.4 is 5.32 Å². The van der Waals surface area contributed by atoms with Crippen LogP contribution in [-0.2, 0) is 12.8 Å². The second-order valence-electron chi connectivity index (χ2n) is 6.32. The van der Waals surface area contributed by atoms with Crippen molar-refractivity contribution in [2.75, 3.05) is 27.2 Å². The SMILES string of the molecule is CCCc1nn(-c2cccc(F)c2)c(CC)c1C(=O)NCCN(C)C. The van der Waals surface area contributed by atoms with Crippen LogP contribution in [0.15, 0.2) is 24.3 Å². The molecule has 1 aromatic carbocycles. The number of amides is 1. The minimum absolute atomic E-state index is 0.107. The summed E-state index contributed by atoms with van der Waals surface area (Å²) in [6.45, 7) is 5.39. The average Bonchev–Trinajstić information content (AvgIpc) is 2.93. The Bertz CT molecular complexity index is 724. The molecule has 0 radical (unpaired) electrons. The van der Waals surface area contributed by atoms with Crippen LogP contribution >= 0.6 is 0 Å². The molecule has 1 amide bonds. The Labute approximate surface area is 148 Å². The standard InChI is InChI=1S/C19H27FN4O/c1-5-8-16-18(19(25)21-11-12-23(3)4)17(6-2)24(22-16)15-10-7-9-14(20)13-15/h7,9-10,13H,5-6,8,11-12H2,1-4H3,(H,21,25). The third-order valence-electron chi connectivity index (χ3n) is 4.00. The molecule has 0 saturated heterocycles. The summed E-state index contributed by atoms with van der Waals surface area (Å²) in [5.74, 6) is -0.422. The zero-order valence-electron chi connectivity index (χ0n) is 15.5. The lowest BCUT2D eigenvalue weighted by Crippen LogP contribution is -2.32. The molecule has 0 bridgehead atoms. The fourth-order valence-corrected chi connectivity index (χ4v) is 2.81. The van der Waals surface area contributed by atoms with Gasteiger partial charge < -0.3 is 10.2 Å². The number of aryl methyl sites for hydroxylation is 1. The number of nitrogens with zero attached hydrogens (tertiary/aromatic N) is 3. The van der Waals surface area contributed by atoms with E-state index in [0.29, 0.717) is 30.6 Å². The van der Waals surface area contributed by atoms with E-state index in [0.717, 1.165) is 24.4 Å². The van der Waals surface area contributed by atoms with Crippen LogP contribution in [0.25, 0.3) is 5.69 Å². The Morgan fingerprint density at radius 2 is 2.08 bits per heavy atom. The maximum atomic E-state index is 13.6.